The van der Waals surface area contributed by atoms with Gasteiger partial charge < -0.3 is 25.3 Å². The van der Waals surface area contributed by atoms with E-state index in [1.165, 1.54) is 0 Å². The van der Waals surface area contributed by atoms with E-state index >= 15 is 0 Å². The van der Waals surface area contributed by atoms with Crippen molar-refractivity contribution < 1.29 is 23.8 Å². The zero-order valence-electron chi connectivity index (χ0n) is 12.8. The molecule has 3 rings (SSSR count). The Labute approximate surface area is 138 Å². The third-order valence-electron chi connectivity index (χ3n) is 3.30. The van der Waals surface area contributed by atoms with E-state index in [4.69, 9.17) is 19.9 Å². The number of carbonyl (C=O) groups is 2. The van der Waals surface area contributed by atoms with Crippen LogP contribution in [0.25, 0.3) is 0 Å². The van der Waals surface area contributed by atoms with Gasteiger partial charge >= 0.3 is 0 Å². The van der Waals surface area contributed by atoms with Gasteiger partial charge in [-0.05, 0) is 36.4 Å². The summed E-state index contributed by atoms with van der Waals surface area (Å²) in [6, 6.07) is 11.6. The van der Waals surface area contributed by atoms with E-state index in [-0.39, 0.29) is 12.5 Å². The number of hydrogen-bond donors (Lipinski definition) is 2. The van der Waals surface area contributed by atoms with E-state index in [0.717, 1.165) is 0 Å². The van der Waals surface area contributed by atoms with Gasteiger partial charge in [0.2, 0.25) is 0 Å². The smallest absolute Gasteiger partial charge is 0.255 e. The number of nitrogens with one attached hydrogen (secondary N) is 1. The molecule has 1 aliphatic heterocycles. The summed E-state index contributed by atoms with van der Waals surface area (Å²) in [5.74, 6) is 0.901. The number of benzene rings is 2. The molecule has 2 aromatic rings. The zero-order valence-corrected chi connectivity index (χ0v) is 12.8. The Morgan fingerprint density at radius 2 is 1.75 bits per heavy atom. The molecule has 7 nitrogen and oxygen atoms in total. The van der Waals surface area contributed by atoms with Gasteiger partial charge in [0.1, 0.15) is 19.0 Å². The number of primary amides is 1. The number of rotatable bonds is 5. The second kappa shape index (κ2) is 6.91. The molecule has 0 radical (unpaired) electrons. The van der Waals surface area contributed by atoms with Crippen molar-refractivity contribution in [3.8, 4) is 17.2 Å². The average molecular weight is 328 g/mol. The van der Waals surface area contributed by atoms with Gasteiger partial charge in [0.25, 0.3) is 11.8 Å². The molecule has 0 atom stereocenters. The molecule has 0 fully saturated rings. The SMILES string of the molecule is NC(=O)COc1ccc(C(=O)Nc2ccc3c(c2)OCCO3)cc1. The van der Waals surface area contributed by atoms with E-state index < -0.39 is 5.91 Å². The molecule has 0 unspecified atom stereocenters. The van der Waals surface area contributed by atoms with E-state index in [2.05, 4.69) is 5.32 Å². The number of carbonyl (C=O) groups excluding carboxylic acids is 2. The van der Waals surface area contributed by atoms with Crippen molar-refractivity contribution in [3.63, 3.8) is 0 Å². The second-order valence-corrected chi connectivity index (χ2v) is 5.09. The minimum absolute atomic E-state index is 0.206. The van der Waals surface area contributed by atoms with Crippen LogP contribution in [0.3, 0.4) is 0 Å². The number of nitrogens with two attached hydrogens (primary N) is 1. The molecule has 2 amide bonds. The molecule has 0 saturated heterocycles. The summed E-state index contributed by atoms with van der Waals surface area (Å²) < 4.78 is 16.1. The minimum Gasteiger partial charge on any atom is -0.486 e. The summed E-state index contributed by atoms with van der Waals surface area (Å²) in [6.07, 6.45) is 0. The van der Waals surface area contributed by atoms with Crippen molar-refractivity contribution >= 4 is 17.5 Å². The number of amides is 2. The molecule has 124 valence electrons. The van der Waals surface area contributed by atoms with Crippen LogP contribution < -0.4 is 25.3 Å². The van der Waals surface area contributed by atoms with Crippen LogP contribution in [0.1, 0.15) is 10.4 Å². The molecule has 3 N–H and O–H groups in total. The van der Waals surface area contributed by atoms with Crippen LogP contribution in [0.5, 0.6) is 17.2 Å². The third kappa shape index (κ3) is 3.75. The van der Waals surface area contributed by atoms with Crippen molar-refractivity contribution in [2.45, 2.75) is 0 Å². The molecule has 0 aromatic heterocycles. The van der Waals surface area contributed by atoms with Crippen LogP contribution in [0, 0.1) is 0 Å². The topological polar surface area (TPSA) is 99.9 Å². The van der Waals surface area contributed by atoms with Gasteiger partial charge in [0, 0.05) is 17.3 Å². The maximum absolute atomic E-state index is 12.3. The highest BCUT2D eigenvalue weighted by atomic mass is 16.6. The normalized spacial score (nSPS) is 12.3. The highest BCUT2D eigenvalue weighted by Gasteiger charge is 2.13. The molecule has 24 heavy (non-hydrogen) atoms. The summed E-state index contributed by atoms with van der Waals surface area (Å²) in [4.78, 5) is 22.9. The predicted molar refractivity (Wildman–Crippen MR) is 86.5 cm³/mol. The Morgan fingerprint density at radius 3 is 2.46 bits per heavy atom. The first-order valence-corrected chi connectivity index (χ1v) is 7.34. The fourth-order valence-electron chi connectivity index (χ4n) is 2.18. The van der Waals surface area contributed by atoms with E-state index in [1.807, 2.05) is 0 Å². The van der Waals surface area contributed by atoms with Crippen LogP contribution in [0.15, 0.2) is 42.5 Å². The van der Waals surface area contributed by atoms with Crippen LogP contribution in [0.2, 0.25) is 0 Å². The van der Waals surface area contributed by atoms with Gasteiger partial charge in [0.15, 0.2) is 18.1 Å². The predicted octanol–water partition coefficient (Wildman–Crippen LogP) is 1.57. The fourth-order valence-corrected chi connectivity index (χ4v) is 2.18. The van der Waals surface area contributed by atoms with Gasteiger partial charge in [0.05, 0.1) is 0 Å². The lowest BCUT2D eigenvalue weighted by molar-refractivity contribution is -0.119. The van der Waals surface area contributed by atoms with Crippen molar-refractivity contribution in [2.75, 3.05) is 25.1 Å². The van der Waals surface area contributed by atoms with Crippen molar-refractivity contribution in [2.24, 2.45) is 5.73 Å². The highest BCUT2D eigenvalue weighted by molar-refractivity contribution is 6.04. The van der Waals surface area contributed by atoms with Gasteiger partial charge in [-0.3, -0.25) is 9.59 Å². The number of ether oxygens (including phenoxy) is 3. The summed E-state index contributed by atoms with van der Waals surface area (Å²) in [6.45, 7) is 0.794. The van der Waals surface area contributed by atoms with E-state index in [9.17, 15) is 9.59 Å². The number of hydrogen-bond acceptors (Lipinski definition) is 5. The molecule has 2 aromatic carbocycles. The first-order chi connectivity index (χ1) is 11.6. The van der Waals surface area contributed by atoms with E-state index in [0.29, 0.717) is 41.7 Å². The molecule has 7 heteroatoms. The summed E-state index contributed by atoms with van der Waals surface area (Å²) in [5.41, 5.74) is 6.07. The lowest BCUT2D eigenvalue weighted by Crippen LogP contribution is -2.20. The van der Waals surface area contributed by atoms with Crippen molar-refractivity contribution in [1.29, 1.82) is 0 Å². The van der Waals surface area contributed by atoms with Crippen LogP contribution >= 0.6 is 0 Å². The molecular formula is C17H16N2O5. The monoisotopic (exact) mass is 328 g/mol. The molecule has 1 heterocycles. The highest BCUT2D eigenvalue weighted by Crippen LogP contribution is 2.32. The van der Waals surface area contributed by atoms with Gasteiger partial charge in [-0.2, -0.15) is 0 Å². The van der Waals surface area contributed by atoms with Gasteiger partial charge in [-0.1, -0.05) is 0 Å². The average Bonchev–Trinajstić information content (AvgIpc) is 2.60. The van der Waals surface area contributed by atoms with Crippen molar-refractivity contribution in [3.05, 3.63) is 48.0 Å². The first kappa shape index (κ1) is 15.7. The third-order valence-corrected chi connectivity index (χ3v) is 3.30. The van der Waals surface area contributed by atoms with Gasteiger partial charge in [-0.15, -0.1) is 0 Å². The lowest BCUT2D eigenvalue weighted by atomic mass is 10.2. The Balaban J connectivity index is 1.65. The van der Waals surface area contributed by atoms with Crippen LogP contribution in [0.4, 0.5) is 5.69 Å². The maximum atomic E-state index is 12.3. The molecular weight excluding hydrogens is 312 g/mol. The molecule has 0 saturated carbocycles. The number of fused-ring (bicyclic) bond motifs is 1. The minimum atomic E-state index is -0.560. The molecule has 0 spiro atoms. The van der Waals surface area contributed by atoms with Gasteiger partial charge in [-0.25, -0.2) is 0 Å². The molecule has 0 aliphatic carbocycles. The molecule has 1 aliphatic rings. The Bertz CT molecular complexity index is 758. The zero-order chi connectivity index (χ0) is 16.9. The first-order valence-electron chi connectivity index (χ1n) is 7.34. The quantitative estimate of drug-likeness (QED) is 0.868. The summed E-state index contributed by atoms with van der Waals surface area (Å²) in [7, 11) is 0. The lowest BCUT2D eigenvalue weighted by Gasteiger charge is -2.19. The number of anilines is 1. The molecule has 0 bridgehead atoms. The Kier molecular flexibility index (Phi) is 4.51. The van der Waals surface area contributed by atoms with Crippen LogP contribution in [-0.2, 0) is 4.79 Å². The van der Waals surface area contributed by atoms with E-state index in [1.54, 1.807) is 42.5 Å². The largest absolute Gasteiger partial charge is 0.486 e. The maximum Gasteiger partial charge on any atom is 0.255 e. The Morgan fingerprint density at radius 1 is 1.04 bits per heavy atom. The Hall–Kier alpha value is -3.22. The van der Waals surface area contributed by atoms with Crippen LogP contribution in [-0.4, -0.2) is 31.6 Å². The summed E-state index contributed by atoms with van der Waals surface area (Å²) in [5, 5.41) is 2.79. The second-order valence-electron chi connectivity index (χ2n) is 5.09. The summed E-state index contributed by atoms with van der Waals surface area (Å²) >= 11 is 0. The fraction of sp³-hybridized carbons (Fsp3) is 0.176. The standard InChI is InChI=1S/C17H16N2O5/c18-16(20)10-24-13-4-1-11(2-5-13)17(21)19-12-3-6-14-15(9-12)23-8-7-22-14/h1-6,9H,7-8,10H2,(H2,18,20)(H,19,21). The van der Waals surface area contributed by atoms with Crippen molar-refractivity contribution in [1.82, 2.24) is 0 Å².